The van der Waals surface area contributed by atoms with Crippen LogP contribution in [0.3, 0.4) is 0 Å². The van der Waals surface area contributed by atoms with E-state index in [1.165, 1.54) is 0 Å². The first-order valence-electron chi connectivity index (χ1n) is 8.09. The molecule has 0 spiro atoms. The van der Waals surface area contributed by atoms with Crippen LogP contribution in [0, 0.1) is 6.92 Å². The lowest BCUT2D eigenvalue weighted by atomic mass is 10.1. The minimum atomic E-state index is -0.0588. The van der Waals surface area contributed by atoms with E-state index in [0.717, 1.165) is 17.0 Å². The van der Waals surface area contributed by atoms with Crippen molar-refractivity contribution in [3.8, 4) is 17.2 Å². The Morgan fingerprint density at radius 3 is 2.60 bits per heavy atom. The molecule has 1 aromatic heterocycles. The maximum absolute atomic E-state index is 13.0. The Kier molecular flexibility index (Phi) is 3.72. The first-order valence-corrected chi connectivity index (χ1v) is 8.09. The van der Waals surface area contributed by atoms with Gasteiger partial charge < -0.3 is 9.15 Å². The highest BCUT2D eigenvalue weighted by molar-refractivity contribution is 6.07. The van der Waals surface area contributed by atoms with E-state index in [9.17, 15) is 4.79 Å². The molecule has 4 rings (SSSR count). The van der Waals surface area contributed by atoms with E-state index in [2.05, 4.69) is 10.2 Å². The third-order valence-corrected chi connectivity index (χ3v) is 4.17. The third kappa shape index (κ3) is 2.76. The van der Waals surface area contributed by atoms with Crippen LogP contribution in [0.1, 0.15) is 23.2 Å². The smallest absolute Gasteiger partial charge is 0.258 e. The standard InChI is InChI=1S/C19H17N3O3/c1-12-11-24-17-6-4-3-5-16(17)22(12)19(23)15-9-7-14(8-10-15)18-21-20-13(2)25-18/h3-10,12H,11H2,1-2H3/t12-/m0/s1. The number of aromatic nitrogens is 2. The zero-order valence-electron chi connectivity index (χ0n) is 14.0. The SMILES string of the molecule is Cc1nnc(-c2ccc(C(=O)N3c4ccccc4OC[C@@H]3C)cc2)o1. The van der Waals surface area contributed by atoms with Gasteiger partial charge in [0.1, 0.15) is 12.4 Å². The first-order chi connectivity index (χ1) is 12.1. The van der Waals surface area contributed by atoms with Crippen molar-refractivity contribution in [3.05, 3.63) is 60.0 Å². The van der Waals surface area contributed by atoms with Gasteiger partial charge in [-0.15, -0.1) is 10.2 Å². The van der Waals surface area contributed by atoms with Crippen molar-refractivity contribution in [3.63, 3.8) is 0 Å². The predicted molar refractivity (Wildman–Crippen MR) is 92.7 cm³/mol. The van der Waals surface area contributed by atoms with Gasteiger partial charge in [-0.05, 0) is 43.3 Å². The summed E-state index contributed by atoms with van der Waals surface area (Å²) in [4.78, 5) is 14.8. The highest BCUT2D eigenvalue weighted by Gasteiger charge is 2.30. The molecule has 25 heavy (non-hydrogen) atoms. The van der Waals surface area contributed by atoms with E-state index < -0.39 is 0 Å². The van der Waals surface area contributed by atoms with Gasteiger partial charge in [0.05, 0.1) is 11.7 Å². The number of aryl methyl sites for hydroxylation is 1. The van der Waals surface area contributed by atoms with Crippen LogP contribution < -0.4 is 9.64 Å². The minimum Gasteiger partial charge on any atom is -0.489 e. The Balaban J connectivity index is 1.65. The van der Waals surface area contributed by atoms with Crippen molar-refractivity contribution in [2.45, 2.75) is 19.9 Å². The maximum Gasteiger partial charge on any atom is 0.258 e. The lowest BCUT2D eigenvalue weighted by molar-refractivity contribution is 0.0961. The summed E-state index contributed by atoms with van der Waals surface area (Å²) >= 11 is 0. The fourth-order valence-electron chi connectivity index (χ4n) is 2.92. The van der Waals surface area contributed by atoms with Crippen LogP contribution in [0.15, 0.2) is 52.9 Å². The number of amides is 1. The molecule has 126 valence electrons. The molecule has 3 aromatic rings. The molecule has 0 saturated heterocycles. The Labute approximate surface area is 145 Å². The number of hydrogen-bond donors (Lipinski definition) is 0. The second-order valence-electron chi connectivity index (χ2n) is 6.01. The summed E-state index contributed by atoms with van der Waals surface area (Å²) in [5, 5.41) is 7.82. The van der Waals surface area contributed by atoms with Crippen molar-refractivity contribution in [2.24, 2.45) is 0 Å². The molecule has 0 radical (unpaired) electrons. The van der Waals surface area contributed by atoms with Crippen LogP contribution in [0.5, 0.6) is 5.75 Å². The summed E-state index contributed by atoms with van der Waals surface area (Å²) in [5.74, 6) is 1.62. The molecule has 0 saturated carbocycles. The molecule has 2 aromatic carbocycles. The first kappa shape index (κ1) is 15.4. The minimum absolute atomic E-state index is 0.0410. The predicted octanol–water partition coefficient (Wildman–Crippen LogP) is 3.47. The number of anilines is 1. The molecule has 6 nitrogen and oxygen atoms in total. The Morgan fingerprint density at radius 2 is 1.88 bits per heavy atom. The Morgan fingerprint density at radius 1 is 1.12 bits per heavy atom. The van der Waals surface area contributed by atoms with E-state index in [1.54, 1.807) is 24.0 Å². The molecule has 0 fully saturated rings. The summed E-state index contributed by atoms with van der Waals surface area (Å²) in [5.41, 5.74) is 2.18. The quantitative estimate of drug-likeness (QED) is 0.717. The number of nitrogens with zero attached hydrogens (tertiary/aromatic N) is 3. The van der Waals surface area contributed by atoms with Crippen LogP contribution in [0.25, 0.3) is 11.5 Å². The molecule has 2 heterocycles. The van der Waals surface area contributed by atoms with Crippen molar-refractivity contribution in [2.75, 3.05) is 11.5 Å². The molecule has 0 bridgehead atoms. The van der Waals surface area contributed by atoms with Gasteiger partial charge in [-0.25, -0.2) is 0 Å². The Hall–Kier alpha value is -3.15. The fourth-order valence-corrected chi connectivity index (χ4v) is 2.92. The molecule has 0 aliphatic carbocycles. The monoisotopic (exact) mass is 335 g/mol. The normalized spacial score (nSPS) is 16.2. The van der Waals surface area contributed by atoms with Crippen LogP contribution >= 0.6 is 0 Å². The summed E-state index contributed by atoms with van der Waals surface area (Å²) in [6, 6.07) is 14.7. The number of para-hydroxylation sites is 2. The zero-order valence-corrected chi connectivity index (χ0v) is 14.0. The van der Waals surface area contributed by atoms with Crippen molar-refractivity contribution in [1.82, 2.24) is 10.2 Å². The van der Waals surface area contributed by atoms with Crippen LogP contribution in [0.4, 0.5) is 5.69 Å². The number of carbonyl (C=O) groups excluding carboxylic acids is 1. The van der Waals surface area contributed by atoms with Gasteiger partial charge in [-0.1, -0.05) is 12.1 Å². The fraction of sp³-hybridized carbons (Fsp3) is 0.211. The second kappa shape index (κ2) is 6.05. The van der Waals surface area contributed by atoms with Crippen molar-refractivity contribution < 1.29 is 13.9 Å². The maximum atomic E-state index is 13.0. The average molecular weight is 335 g/mol. The van der Waals surface area contributed by atoms with E-state index in [4.69, 9.17) is 9.15 Å². The van der Waals surface area contributed by atoms with Gasteiger partial charge in [0.25, 0.3) is 5.91 Å². The van der Waals surface area contributed by atoms with Gasteiger partial charge in [-0.2, -0.15) is 0 Å². The molecule has 0 unspecified atom stereocenters. The Bertz CT molecular complexity index is 918. The van der Waals surface area contributed by atoms with Crippen molar-refractivity contribution in [1.29, 1.82) is 0 Å². The zero-order chi connectivity index (χ0) is 17.4. The lowest BCUT2D eigenvalue weighted by Crippen LogP contribution is -2.45. The summed E-state index contributed by atoms with van der Waals surface area (Å²) in [6.45, 7) is 4.19. The number of ether oxygens (including phenoxy) is 1. The lowest BCUT2D eigenvalue weighted by Gasteiger charge is -2.35. The van der Waals surface area contributed by atoms with Crippen LogP contribution in [-0.2, 0) is 0 Å². The summed E-state index contributed by atoms with van der Waals surface area (Å²) in [7, 11) is 0. The summed E-state index contributed by atoms with van der Waals surface area (Å²) < 4.78 is 11.1. The molecule has 1 aliphatic heterocycles. The second-order valence-corrected chi connectivity index (χ2v) is 6.01. The average Bonchev–Trinajstić information content (AvgIpc) is 3.08. The molecule has 1 atom stereocenters. The summed E-state index contributed by atoms with van der Waals surface area (Å²) in [6.07, 6.45) is 0. The van der Waals surface area contributed by atoms with Gasteiger partial charge in [0, 0.05) is 18.1 Å². The number of carbonyl (C=O) groups is 1. The highest BCUT2D eigenvalue weighted by atomic mass is 16.5. The topological polar surface area (TPSA) is 68.5 Å². The third-order valence-electron chi connectivity index (χ3n) is 4.17. The van der Waals surface area contributed by atoms with Crippen LogP contribution in [0.2, 0.25) is 0 Å². The number of fused-ring (bicyclic) bond motifs is 1. The largest absolute Gasteiger partial charge is 0.489 e. The van der Waals surface area contributed by atoms with Gasteiger partial charge >= 0.3 is 0 Å². The van der Waals surface area contributed by atoms with E-state index in [0.29, 0.717) is 24.0 Å². The molecule has 0 N–H and O–H groups in total. The highest BCUT2D eigenvalue weighted by Crippen LogP contribution is 2.34. The van der Waals surface area contributed by atoms with Crippen LogP contribution in [-0.4, -0.2) is 28.8 Å². The molecular formula is C19H17N3O3. The number of hydrogen-bond acceptors (Lipinski definition) is 5. The molecule has 6 heteroatoms. The van der Waals surface area contributed by atoms with E-state index >= 15 is 0 Å². The van der Waals surface area contributed by atoms with E-state index in [-0.39, 0.29) is 11.9 Å². The molecule has 1 amide bonds. The van der Waals surface area contributed by atoms with Gasteiger partial charge in [0.2, 0.25) is 11.8 Å². The van der Waals surface area contributed by atoms with Gasteiger partial charge in [-0.3, -0.25) is 9.69 Å². The molecular weight excluding hydrogens is 318 g/mol. The van der Waals surface area contributed by atoms with Crippen molar-refractivity contribution >= 4 is 11.6 Å². The molecule has 1 aliphatic rings. The van der Waals surface area contributed by atoms with Gasteiger partial charge in [0.15, 0.2) is 0 Å². The number of benzene rings is 2. The van der Waals surface area contributed by atoms with E-state index in [1.807, 2.05) is 43.3 Å². The number of rotatable bonds is 2.